The zero-order chi connectivity index (χ0) is 18.7. The third-order valence-corrected chi connectivity index (χ3v) is 5.76. The molecule has 1 unspecified atom stereocenters. The summed E-state index contributed by atoms with van der Waals surface area (Å²) in [6.07, 6.45) is 2.32. The highest BCUT2D eigenvalue weighted by molar-refractivity contribution is 14.0. The predicted molar refractivity (Wildman–Crippen MR) is 120 cm³/mol. The van der Waals surface area contributed by atoms with E-state index in [0.29, 0.717) is 18.5 Å². The Morgan fingerprint density at radius 2 is 2.07 bits per heavy atom. The highest BCUT2D eigenvalue weighted by Gasteiger charge is 2.42. The Morgan fingerprint density at radius 1 is 1.25 bits per heavy atom. The van der Waals surface area contributed by atoms with Gasteiger partial charge in [0.25, 0.3) is 0 Å². The van der Waals surface area contributed by atoms with Crippen molar-refractivity contribution in [2.45, 2.75) is 32.9 Å². The fourth-order valence-corrected chi connectivity index (χ4v) is 3.87. The van der Waals surface area contributed by atoms with E-state index in [9.17, 15) is 0 Å². The lowest BCUT2D eigenvalue weighted by molar-refractivity contribution is 0.156. The van der Waals surface area contributed by atoms with Crippen molar-refractivity contribution in [3.8, 4) is 0 Å². The molecule has 4 rings (SSSR count). The van der Waals surface area contributed by atoms with Gasteiger partial charge in [-0.2, -0.15) is 0 Å². The molecule has 2 aromatic rings. The van der Waals surface area contributed by atoms with E-state index in [1.54, 1.807) is 0 Å². The Hall–Kier alpha value is -1.68. The van der Waals surface area contributed by atoms with Crippen LogP contribution >= 0.6 is 24.0 Å². The first kappa shape index (κ1) is 21.0. The van der Waals surface area contributed by atoms with Gasteiger partial charge in [-0.15, -0.1) is 34.2 Å². The van der Waals surface area contributed by atoms with Crippen molar-refractivity contribution >= 4 is 29.9 Å². The van der Waals surface area contributed by atoms with Crippen molar-refractivity contribution in [1.82, 2.24) is 25.0 Å². The van der Waals surface area contributed by atoms with Crippen LogP contribution in [0, 0.1) is 12.3 Å². The molecule has 152 valence electrons. The number of rotatable bonds is 4. The summed E-state index contributed by atoms with van der Waals surface area (Å²) in [5.74, 6) is 2.78. The summed E-state index contributed by atoms with van der Waals surface area (Å²) < 4.78 is 7.69. The molecule has 2 aliphatic rings. The van der Waals surface area contributed by atoms with Crippen molar-refractivity contribution < 1.29 is 4.74 Å². The second kappa shape index (κ2) is 9.21. The number of guanidine groups is 1. The first-order valence-corrected chi connectivity index (χ1v) is 9.65. The lowest BCUT2D eigenvalue weighted by atomic mass is 9.87. The minimum absolute atomic E-state index is 0. The first-order valence-electron chi connectivity index (χ1n) is 9.65. The van der Waals surface area contributed by atoms with Gasteiger partial charge in [0.1, 0.15) is 5.82 Å². The molecule has 1 atom stereocenters. The summed E-state index contributed by atoms with van der Waals surface area (Å²) >= 11 is 0. The molecule has 0 saturated carbocycles. The molecule has 8 heteroatoms. The normalized spacial score (nSPS) is 21.9. The molecule has 1 aromatic heterocycles. The highest BCUT2D eigenvalue weighted by Crippen LogP contribution is 2.38. The summed E-state index contributed by atoms with van der Waals surface area (Å²) in [7, 11) is 1.99. The van der Waals surface area contributed by atoms with Gasteiger partial charge in [-0.1, -0.05) is 30.3 Å². The van der Waals surface area contributed by atoms with Gasteiger partial charge in [0.2, 0.25) is 0 Å². The molecule has 28 heavy (non-hydrogen) atoms. The molecule has 1 aromatic carbocycles. The maximum absolute atomic E-state index is 5.68. The van der Waals surface area contributed by atoms with Crippen LogP contribution < -0.4 is 5.32 Å². The van der Waals surface area contributed by atoms with E-state index in [-0.39, 0.29) is 24.0 Å². The van der Waals surface area contributed by atoms with Gasteiger partial charge in [-0.25, -0.2) is 4.99 Å². The average molecular weight is 496 g/mol. The fraction of sp³-hybridized carbons (Fsp3) is 0.550. The molecular formula is C20H29IN6O. The van der Waals surface area contributed by atoms with Gasteiger partial charge in [-0.3, -0.25) is 0 Å². The minimum Gasteiger partial charge on any atom is -0.381 e. The van der Waals surface area contributed by atoms with Crippen LogP contribution in [-0.4, -0.2) is 51.9 Å². The van der Waals surface area contributed by atoms with Crippen LogP contribution in [0.4, 0.5) is 0 Å². The largest absolute Gasteiger partial charge is 0.381 e. The molecule has 1 spiro atoms. The molecular weight excluding hydrogens is 467 g/mol. The summed E-state index contributed by atoms with van der Waals surface area (Å²) in [6.45, 7) is 7.03. The molecule has 2 fully saturated rings. The second-order valence-electron chi connectivity index (χ2n) is 7.68. The van der Waals surface area contributed by atoms with E-state index in [0.717, 1.165) is 50.3 Å². The molecule has 1 N–H and O–H groups in total. The number of benzene rings is 1. The molecule has 0 radical (unpaired) electrons. The van der Waals surface area contributed by atoms with E-state index in [4.69, 9.17) is 9.73 Å². The smallest absolute Gasteiger partial charge is 0.194 e. The summed E-state index contributed by atoms with van der Waals surface area (Å²) in [5, 5.41) is 11.9. The lowest BCUT2D eigenvalue weighted by Gasteiger charge is -2.25. The Bertz CT molecular complexity index is 800. The fourth-order valence-electron chi connectivity index (χ4n) is 3.87. The number of hydrogen-bond donors (Lipinski definition) is 1. The Balaban J connectivity index is 0.00000225. The monoisotopic (exact) mass is 496 g/mol. The number of aromatic nitrogens is 3. The molecule has 0 amide bonds. The number of ether oxygens (including phenoxy) is 1. The van der Waals surface area contributed by atoms with E-state index in [1.807, 2.05) is 24.6 Å². The van der Waals surface area contributed by atoms with Gasteiger partial charge in [-0.05, 0) is 25.3 Å². The average Bonchev–Trinajstić information content (AvgIpc) is 3.41. The maximum Gasteiger partial charge on any atom is 0.194 e. The Labute approximate surface area is 183 Å². The molecule has 3 heterocycles. The predicted octanol–water partition coefficient (Wildman–Crippen LogP) is 2.50. The van der Waals surface area contributed by atoms with Crippen LogP contribution in [0.15, 0.2) is 35.3 Å². The molecule has 2 saturated heterocycles. The number of aliphatic imine (C=N–C) groups is 1. The van der Waals surface area contributed by atoms with Gasteiger partial charge in [0.05, 0.1) is 19.7 Å². The van der Waals surface area contributed by atoms with Crippen molar-refractivity contribution in [2.24, 2.45) is 17.5 Å². The number of halogens is 1. The van der Waals surface area contributed by atoms with E-state index in [2.05, 4.69) is 44.7 Å². The van der Waals surface area contributed by atoms with Gasteiger partial charge >= 0.3 is 0 Å². The zero-order valence-electron chi connectivity index (χ0n) is 16.6. The van der Waals surface area contributed by atoms with E-state index in [1.165, 1.54) is 12.0 Å². The number of aryl methyl sites for hydroxylation is 1. The standard InChI is InChI=1S/C20H28N6O.HI/c1-16-23-24-18(25(16)2)13-22-19(21-12-17-6-4-3-5-7-17)26-10-8-20(14-26)9-11-27-15-20;/h3-7H,8-15H2,1-2H3,(H,21,22);1H. The van der Waals surface area contributed by atoms with Gasteiger partial charge in [0.15, 0.2) is 11.8 Å². The maximum atomic E-state index is 5.68. The van der Waals surface area contributed by atoms with Crippen molar-refractivity contribution in [3.05, 3.63) is 47.5 Å². The first-order chi connectivity index (χ1) is 13.2. The van der Waals surface area contributed by atoms with E-state index >= 15 is 0 Å². The van der Waals surface area contributed by atoms with Crippen LogP contribution in [-0.2, 0) is 24.9 Å². The van der Waals surface area contributed by atoms with Crippen molar-refractivity contribution in [1.29, 1.82) is 0 Å². The summed E-state index contributed by atoms with van der Waals surface area (Å²) in [5.41, 5.74) is 1.51. The molecule has 7 nitrogen and oxygen atoms in total. The van der Waals surface area contributed by atoms with Crippen LogP contribution in [0.25, 0.3) is 0 Å². The van der Waals surface area contributed by atoms with Crippen LogP contribution in [0.1, 0.15) is 30.1 Å². The molecule has 2 aliphatic heterocycles. The van der Waals surface area contributed by atoms with Crippen LogP contribution in [0.3, 0.4) is 0 Å². The molecule has 0 bridgehead atoms. The zero-order valence-corrected chi connectivity index (χ0v) is 18.9. The second-order valence-corrected chi connectivity index (χ2v) is 7.68. The van der Waals surface area contributed by atoms with Crippen molar-refractivity contribution in [2.75, 3.05) is 26.3 Å². The SMILES string of the molecule is Cc1nnc(CNC(=NCc2ccccc2)N2CCC3(CCOC3)C2)n1C.I. The quantitative estimate of drug-likeness (QED) is 0.401. The highest BCUT2D eigenvalue weighted by atomic mass is 127. The van der Waals surface area contributed by atoms with Crippen LogP contribution in [0.2, 0.25) is 0 Å². The number of hydrogen-bond acceptors (Lipinski definition) is 4. The lowest BCUT2D eigenvalue weighted by Crippen LogP contribution is -2.41. The molecule has 0 aliphatic carbocycles. The van der Waals surface area contributed by atoms with Gasteiger partial charge < -0.3 is 19.5 Å². The number of nitrogens with zero attached hydrogens (tertiary/aromatic N) is 5. The summed E-state index contributed by atoms with van der Waals surface area (Å²) in [4.78, 5) is 7.29. The Kier molecular flexibility index (Phi) is 6.92. The number of nitrogens with one attached hydrogen (secondary N) is 1. The Morgan fingerprint density at radius 3 is 2.75 bits per heavy atom. The minimum atomic E-state index is 0. The van der Waals surface area contributed by atoms with Crippen molar-refractivity contribution in [3.63, 3.8) is 0 Å². The third-order valence-electron chi connectivity index (χ3n) is 5.76. The third kappa shape index (κ3) is 4.65. The number of likely N-dealkylation sites (tertiary alicyclic amines) is 1. The van der Waals surface area contributed by atoms with Crippen LogP contribution in [0.5, 0.6) is 0 Å². The van der Waals surface area contributed by atoms with Gasteiger partial charge in [0, 0.05) is 32.2 Å². The topological polar surface area (TPSA) is 67.6 Å². The summed E-state index contributed by atoms with van der Waals surface area (Å²) in [6, 6.07) is 10.4. The van der Waals surface area contributed by atoms with E-state index < -0.39 is 0 Å².